The average Bonchev–Trinajstić information content (AvgIpc) is 3.04. The van der Waals surface area contributed by atoms with Crippen LogP contribution >= 0.6 is 0 Å². The van der Waals surface area contributed by atoms with Gasteiger partial charge in [-0.3, -0.25) is 4.79 Å². The third-order valence-electron chi connectivity index (χ3n) is 2.79. The Labute approximate surface area is 92.7 Å². The molecular weight excluding hydrogens is 212 g/mol. The Morgan fingerprint density at radius 2 is 1.94 bits per heavy atom. The van der Waals surface area contributed by atoms with Gasteiger partial charge in [0.15, 0.2) is 11.6 Å². The van der Waals surface area contributed by atoms with Gasteiger partial charge < -0.3 is 5.32 Å². The zero-order valence-corrected chi connectivity index (χ0v) is 9.23. The van der Waals surface area contributed by atoms with Crippen LogP contribution in [0.3, 0.4) is 0 Å². The molecule has 0 saturated heterocycles. The molecule has 4 heteroatoms. The normalized spacial score (nSPS) is 15.0. The van der Waals surface area contributed by atoms with Gasteiger partial charge in [-0.1, -0.05) is 0 Å². The van der Waals surface area contributed by atoms with E-state index < -0.39 is 11.6 Å². The Morgan fingerprint density at radius 3 is 2.50 bits per heavy atom. The van der Waals surface area contributed by atoms with Gasteiger partial charge in [-0.2, -0.15) is 0 Å². The van der Waals surface area contributed by atoms with E-state index in [1.54, 1.807) is 0 Å². The maximum Gasteiger partial charge on any atom is 0.251 e. The second-order valence-corrected chi connectivity index (χ2v) is 4.24. The molecule has 0 heterocycles. The lowest BCUT2D eigenvalue weighted by Gasteiger charge is -2.09. The van der Waals surface area contributed by atoms with Gasteiger partial charge in [0.2, 0.25) is 0 Å². The van der Waals surface area contributed by atoms with Gasteiger partial charge in [0, 0.05) is 17.2 Å². The van der Waals surface area contributed by atoms with Crippen molar-refractivity contribution in [3.05, 3.63) is 34.4 Å². The van der Waals surface area contributed by atoms with Crippen molar-refractivity contribution in [2.24, 2.45) is 0 Å². The van der Waals surface area contributed by atoms with E-state index in [1.165, 1.54) is 19.9 Å². The molecule has 0 aromatic heterocycles. The molecular formula is C12H13F2NO. The molecule has 0 radical (unpaired) electrons. The molecule has 16 heavy (non-hydrogen) atoms. The molecule has 1 aromatic rings. The third-order valence-corrected chi connectivity index (χ3v) is 2.79. The van der Waals surface area contributed by atoms with Crippen LogP contribution in [0.5, 0.6) is 0 Å². The average molecular weight is 225 g/mol. The van der Waals surface area contributed by atoms with Crippen LogP contribution in [0.15, 0.2) is 6.07 Å². The summed E-state index contributed by atoms with van der Waals surface area (Å²) in [6.45, 7) is 2.87. The number of rotatable bonds is 2. The number of hydrogen-bond donors (Lipinski definition) is 1. The molecule has 1 N–H and O–H groups in total. The first-order valence-electron chi connectivity index (χ1n) is 5.26. The van der Waals surface area contributed by atoms with Gasteiger partial charge in [-0.05, 0) is 38.3 Å². The predicted molar refractivity (Wildman–Crippen MR) is 56.3 cm³/mol. The summed E-state index contributed by atoms with van der Waals surface area (Å²) >= 11 is 0. The molecule has 0 aliphatic heterocycles. The molecule has 2 nitrogen and oxygen atoms in total. The van der Waals surface area contributed by atoms with Crippen molar-refractivity contribution >= 4 is 5.91 Å². The van der Waals surface area contributed by atoms with Gasteiger partial charge >= 0.3 is 0 Å². The highest BCUT2D eigenvalue weighted by Gasteiger charge is 2.25. The third kappa shape index (κ3) is 1.92. The summed E-state index contributed by atoms with van der Waals surface area (Å²) in [7, 11) is 0. The van der Waals surface area contributed by atoms with Gasteiger partial charge in [-0.25, -0.2) is 8.78 Å². The lowest BCUT2D eigenvalue weighted by atomic mass is 10.0. The van der Waals surface area contributed by atoms with Gasteiger partial charge in [0.05, 0.1) is 0 Å². The number of benzene rings is 1. The SMILES string of the molecule is Cc1cc(C(=O)NC2CC2)c(C)c(F)c1F. The Balaban J connectivity index is 2.35. The highest BCUT2D eigenvalue weighted by atomic mass is 19.2. The minimum Gasteiger partial charge on any atom is -0.349 e. The standard InChI is InChI=1S/C12H13F2NO/c1-6-5-9(7(2)11(14)10(6)13)12(16)15-8-3-4-8/h5,8H,3-4H2,1-2H3,(H,15,16). The Kier molecular flexibility index (Phi) is 2.66. The molecule has 2 rings (SSSR count). The highest BCUT2D eigenvalue weighted by Crippen LogP contribution is 2.23. The molecule has 0 atom stereocenters. The summed E-state index contributed by atoms with van der Waals surface area (Å²) in [6.07, 6.45) is 1.93. The van der Waals surface area contributed by atoms with E-state index in [1.807, 2.05) is 0 Å². The number of carbonyl (C=O) groups is 1. The lowest BCUT2D eigenvalue weighted by molar-refractivity contribution is 0.0949. The summed E-state index contributed by atoms with van der Waals surface area (Å²) in [5.74, 6) is -2.12. The van der Waals surface area contributed by atoms with Crippen molar-refractivity contribution in [3.63, 3.8) is 0 Å². The number of halogens is 2. The number of amides is 1. The van der Waals surface area contributed by atoms with Crippen LogP contribution in [0.25, 0.3) is 0 Å². The number of aryl methyl sites for hydroxylation is 1. The van der Waals surface area contributed by atoms with Crippen molar-refractivity contribution in [2.75, 3.05) is 0 Å². The summed E-state index contributed by atoms with van der Waals surface area (Å²) < 4.78 is 26.6. The monoisotopic (exact) mass is 225 g/mol. The predicted octanol–water partition coefficient (Wildman–Crippen LogP) is 2.47. The zero-order valence-electron chi connectivity index (χ0n) is 9.23. The van der Waals surface area contributed by atoms with E-state index in [-0.39, 0.29) is 28.6 Å². The van der Waals surface area contributed by atoms with Gasteiger partial charge in [0.1, 0.15) is 0 Å². The molecule has 0 bridgehead atoms. The van der Waals surface area contributed by atoms with Crippen LogP contribution in [0.2, 0.25) is 0 Å². The van der Waals surface area contributed by atoms with Gasteiger partial charge in [-0.15, -0.1) is 0 Å². The van der Waals surface area contributed by atoms with Crippen molar-refractivity contribution in [2.45, 2.75) is 32.7 Å². The topological polar surface area (TPSA) is 29.1 Å². The fraction of sp³-hybridized carbons (Fsp3) is 0.417. The van der Waals surface area contributed by atoms with Crippen LogP contribution in [0, 0.1) is 25.5 Å². The molecule has 1 fully saturated rings. The summed E-state index contributed by atoms with van der Waals surface area (Å²) in [5.41, 5.74) is 0.452. The van der Waals surface area contributed by atoms with Gasteiger partial charge in [0.25, 0.3) is 5.91 Å². The second kappa shape index (κ2) is 3.85. The molecule has 1 aliphatic carbocycles. The van der Waals surface area contributed by atoms with E-state index in [4.69, 9.17) is 0 Å². The first kappa shape index (κ1) is 11.0. The van der Waals surface area contributed by atoms with Crippen LogP contribution in [-0.2, 0) is 0 Å². The van der Waals surface area contributed by atoms with E-state index >= 15 is 0 Å². The Hall–Kier alpha value is -1.45. The van der Waals surface area contributed by atoms with Crippen molar-refractivity contribution < 1.29 is 13.6 Å². The van der Waals surface area contributed by atoms with Crippen LogP contribution in [0.4, 0.5) is 8.78 Å². The highest BCUT2D eigenvalue weighted by molar-refractivity contribution is 5.96. The molecule has 1 amide bonds. The summed E-state index contributed by atoms with van der Waals surface area (Å²) in [5, 5.41) is 2.76. The Morgan fingerprint density at radius 1 is 1.31 bits per heavy atom. The van der Waals surface area contributed by atoms with Crippen molar-refractivity contribution in [3.8, 4) is 0 Å². The van der Waals surface area contributed by atoms with Crippen molar-refractivity contribution in [1.82, 2.24) is 5.32 Å². The minimum atomic E-state index is -0.930. The number of nitrogens with one attached hydrogen (secondary N) is 1. The smallest absolute Gasteiger partial charge is 0.251 e. The number of carbonyl (C=O) groups excluding carboxylic acids is 1. The van der Waals surface area contributed by atoms with E-state index in [0.29, 0.717) is 0 Å². The zero-order chi connectivity index (χ0) is 11.9. The fourth-order valence-corrected chi connectivity index (χ4v) is 1.57. The summed E-state index contributed by atoms with van der Waals surface area (Å²) in [4.78, 5) is 11.7. The largest absolute Gasteiger partial charge is 0.349 e. The minimum absolute atomic E-state index is 0.0706. The molecule has 0 spiro atoms. The maximum absolute atomic E-state index is 13.4. The van der Waals surface area contributed by atoms with E-state index in [9.17, 15) is 13.6 Å². The molecule has 1 aliphatic rings. The maximum atomic E-state index is 13.4. The molecule has 1 aromatic carbocycles. The summed E-state index contributed by atoms with van der Waals surface area (Å²) in [6, 6.07) is 1.60. The second-order valence-electron chi connectivity index (χ2n) is 4.24. The first-order chi connectivity index (χ1) is 7.50. The quantitative estimate of drug-likeness (QED) is 0.823. The van der Waals surface area contributed by atoms with Crippen molar-refractivity contribution in [1.29, 1.82) is 0 Å². The fourth-order valence-electron chi connectivity index (χ4n) is 1.57. The molecule has 86 valence electrons. The Bertz CT molecular complexity index is 453. The molecule has 0 unspecified atom stereocenters. The van der Waals surface area contributed by atoms with Crippen LogP contribution in [0.1, 0.15) is 34.3 Å². The molecule has 1 saturated carbocycles. The van der Waals surface area contributed by atoms with Crippen LogP contribution < -0.4 is 5.32 Å². The van der Waals surface area contributed by atoms with Crippen LogP contribution in [-0.4, -0.2) is 11.9 Å². The van der Waals surface area contributed by atoms with E-state index in [2.05, 4.69) is 5.32 Å². The van der Waals surface area contributed by atoms with E-state index in [0.717, 1.165) is 12.8 Å². The number of hydrogen-bond acceptors (Lipinski definition) is 1. The lowest BCUT2D eigenvalue weighted by Crippen LogP contribution is -2.26. The first-order valence-corrected chi connectivity index (χ1v) is 5.26.